The number of hydrogen-bond donors (Lipinski definition) is 0. The van der Waals surface area contributed by atoms with E-state index in [4.69, 9.17) is 4.42 Å². The van der Waals surface area contributed by atoms with Gasteiger partial charge in [0.1, 0.15) is 18.2 Å². The smallest absolute Gasteiger partial charge is 0.226 e. The van der Waals surface area contributed by atoms with E-state index in [-0.39, 0.29) is 0 Å². The summed E-state index contributed by atoms with van der Waals surface area (Å²) >= 11 is 0. The second-order valence-electron chi connectivity index (χ2n) is 10.1. The zero-order chi connectivity index (χ0) is 25.4. The fraction of sp³-hybridized carbons (Fsp3) is 0.0571. The van der Waals surface area contributed by atoms with Gasteiger partial charge in [0.15, 0.2) is 6.20 Å². The van der Waals surface area contributed by atoms with Crippen LogP contribution in [0.25, 0.3) is 71.5 Å². The van der Waals surface area contributed by atoms with Crippen molar-refractivity contribution in [2.75, 3.05) is 0 Å². The van der Waals surface area contributed by atoms with Crippen LogP contribution in [0.5, 0.6) is 0 Å². The molecule has 180 valence electrons. The van der Waals surface area contributed by atoms with Crippen LogP contribution < -0.4 is 4.57 Å². The highest BCUT2D eigenvalue weighted by Crippen LogP contribution is 2.43. The van der Waals surface area contributed by atoms with Crippen LogP contribution in [0.3, 0.4) is 0 Å². The summed E-state index contributed by atoms with van der Waals surface area (Å²) in [6, 6.07) is 38.9. The number of rotatable bonds is 2. The molecule has 8 rings (SSSR count). The highest BCUT2D eigenvalue weighted by Gasteiger charge is 2.27. The molecule has 0 saturated heterocycles. The van der Waals surface area contributed by atoms with Gasteiger partial charge in [0, 0.05) is 33.3 Å². The van der Waals surface area contributed by atoms with Gasteiger partial charge in [-0.1, -0.05) is 78.9 Å². The van der Waals surface area contributed by atoms with Gasteiger partial charge in [0.05, 0.1) is 22.0 Å². The Labute approximate surface area is 219 Å². The lowest BCUT2D eigenvalue weighted by molar-refractivity contribution is -0.659. The number of aryl methyl sites for hydroxylation is 2. The molecular weight excluding hydrogens is 464 g/mol. The first-order chi connectivity index (χ1) is 18.7. The van der Waals surface area contributed by atoms with Gasteiger partial charge in [-0.2, -0.15) is 0 Å². The molecule has 0 aliphatic heterocycles. The van der Waals surface area contributed by atoms with Crippen molar-refractivity contribution in [3.05, 3.63) is 121 Å². The largest absolute Gasteiger partial charge is 0.454 e. The summed E-state index contributed by atoms with van der Waals surface area (Å²) in [5.74, 6) is 0. The van der Waals surface area contributed by atoms with Gasteiger partial charge in [-0.15, -0.1) is 0 Å². The first-order valence-corrected chi connectivity index (χ1v) is 13.0. The SMILES string of the molecule is Cc1ccc2c(oc3c4ccccc4ccc23)c1-c1c2c3ccccc3n(-c3ccccc3)c2cc[n+]1C. The van der Waals surface area contributed by atoms with Gasteiger partial charge in [0.25, 0.3) is 0 Å². The minimum atomic E-state index is 0.941. The van der Waals surface area contributed by atoms with Crippen LogP contribution in [0.15, 0.2) is 120 Å². The Morgan fingerprint density at radius 2 is 1.32 bits per heavy atom. The first kappa shape index (κ1) is 21.2. The number of nitrogens with zero attached hydrogens (tertiary/aromatic N) is 2. The molecule has 0 spiro atoms. The lowest BCUT2D eigenvalue weighted by atomic mass is 9.97. The predicted octanol–water partition coefficient (Wildman–Crippen LogP) is 8.64. The molecule has 3 heterocycles. The highest BCUT2D eigenvalue weighted by atomic mass is 16.3. The van der Waals surface area contributed by atoms with Gasteiger partial charge in [-0.3, -0.25) is 0 Å². The highest BCUT2D eigenvalue weighted by molar-refractivity contribution is 6.20. The number of para-hydroxylation sites is 2. The van der Waals surface area contributed by atoms with Crippen LogP contribution in [0, 0.1) is 6.92 Å². The van der Waals surface area contributed by atoms with Crippen molar-refractivity contribution in [2.45, 2.75) is 6.92 Å². The van der Waals surface area contributed by atoms with Crippen LogP contribution in [-0.4, -0.2) is 4.57 Å². The molecule has 0 atom stereocenters. The number of hydrogen-bond acceptors (Lipinski definition) is 1. The average Bonchev–Trinajstić information content (AvgIpc) is 3.50. The van der Waals surface area contributed by atoms with Gasteiger partial charge in [-0.25, -0.2) is 4.57 Å². The molecule has 0 amide bonds. The summed E-state index contributed by atoms with van der Waals surface area (Å²) in [5, 5.41) is 7.10. The maximum Gasteiger partial charge on any atom is 0.226 e. The molecule has 3 aromatic heterocycles. The minimum absolute atomic E-state index is 0.941. The second kappa shape index (κ2) is 7.80. The van der Waals surface area contributed by atoms with Crippen molar-refractivity contribution in [3.8, 4) is 16.9 Å². The van der Waals surface area contributed by atoms with E-state index in [1.807, 2.05) is 0 Å². The average molecular weight is 490 g/mol. The maximum absolute atomic E-state index is 6.82. The van der Waals surface area contributed by atoms with Crippen molar-refractivity contribution in [1.29, 1.82) is 0 Å². The van der Waals surface area contributed by atoms with Gasteiger partial charge < -0.3 is 8.98 Å². The Hall–Kier alpha value is -4.89. The molecule has 0 aliphatic carbocycles. The van der Waals surface area contributed by atoms with E-state index in [1.165, 1.54) is 38.4 Å². The van der Waals surface area contributed by atoms with Crippen molar-refractivity contribution in [3.63, 3.8) is 0 Å². The van der Waals surface area contributed by atoms with Crippen LogP contribution in [-0.2, 0) is 7.05 Å². The molecular formula is C35H25N2O+. The normalized spacial score (nSPS) is 11.9. The predicted molar refractivity (Wildman–Crippen MR) is 157 cm³/mol. The van der Waals surface area contributed by atoms with Crippen molar-refractivity contribution in [1.82, 2.24) is 4.57 Å². The number of pyridine rings is 1. The Balaban J connectivity index is 1.56. The maximum atomic E-state index is 6.82. The number of aromatic nitrogens is 2. The molecule has 0 unspecified atom stereocenters. The quantitative estimate of drug-likeness (QED) is 0.223. The van der Waals surface area contributed by atoms with E-state index in [2.05, 4.69) is 138 Å². The first-order valence-electron chi connectivity index (χ1n) is 13.0. The third-order valence-electron chi connectivity index (χ3n) is 7.95. The lowest BCUT2D eigenvalue weighted by Crippen LogP contribution is -2.30. The van der Waals surface area contributed by atoms with Crippen LogP contribution in [0.2, 0.25) is 0 Å². The van der Waals surface area contributed by atoms with E-state index < -0.39 is 0 Å². The number of fused-ring (bicyclic) bond motifs is 8. The fourth-order valence-corrected chi connectivity index (χ4v) is 6.22. The van der Waals surface area contributed by atoms with Crippen LogP contribution in [0.4, 0.5) is 0 Å². The summed E-state index contributed by atoms with van der Waals surface area (Å²) in [6.45, 7) is 2.19. The number of benzene rings is 5. The molecule has 0 fully saturated rings. The molecule has 0 saturated carbocycles. The van der Waals surface area contributed by atoms with Gasteiger partial charge in [-0.05, 0) is 42.1 Å². The zero-order valence-electron chi connectivity index (χ0n) is 21.3. The Kier molecular flexibility index (Phi) is 4.36. The molecule has 8 aromatic rings. The molecule has 3 heteroatoms. The molecule has 3 nitrogen and oxygen atoms in total. The fourth-order valence-electron chi connectivity index (χ4n) is 6.22. The monoisotopic (exact) mass is 489 g/mol. The van der Waals surface area contributed by atoms with Crippen LogP contribution in [0.1, 0.15) is 5.56 Å². The third kappa shape index (κ3) is 2.81. The summed E-state index contributed by atoms with van der Waals surface area (Å²) in [6.07, 6.45) is 2.17. The Bertz CT molecular complexity index is 2200. The minimum Gasteiger partial charge on any atom is -0.454 e. The number of furan rings is 1. The molecule has 0 bridgehead atoms. The standard InChI is InChI=1S/C35H25N2O/c1-22-16-18-27-26-19-17-23-10-6-7-13-25(23)34(26)38-35(27)31(22)33-32-28-14-8-9-15-29(28)37(24-11-4-3-5-12-24)30(32)20-21-36(33)2/h3-21H,1-2H3/q+1. The second-order valence-corrected chi connectivity index (χ2v) is 10.1. The van der Waals surface area contributed by atoms with E-state index in [0.717, 1.165) is 38.6 Å². The topological polar surface area (TPSA) is 21.9 Å². The van der Waals surface area contributed by atoms with Crippen molar-refractivity contribution >= 4 is 54.5 Å². The van der Waals surface area contributed by atoms with E-state index in [0.29, 0.717) is 0 Å². The van der Waals surface area contributed by atoms with Gasteiger partial charge in [0.2, 0.25) is 5.69 Å². The molecule has 0 aliphatic rings. The van der Waals surface area contributed by atoms with Gasteiger partial charge >= 0.3 is 0 Å². The summed E-state index contributed by atoms with van der Waals surface area (Å²) in [7, 11) is 2.14. The van der Waals surface area contributed by atoms with Crippen molar-refractivity contribution < 1.29 is 8.98 Å². The summed E-state index contributed by atoms with van der Waals surface area (Å²) in [4.78, 5) is 0. The summed E-state index contributed by atoms with van der Waals surface area (Å²) < 4.78 is 11.4. The van der Waals surface area contributed by atoms with Crippen LogP contribution >= 0.6 is 0 Å². The van der Waals surface area contributed by atoms with E-state index >= 15 is 0 Å². The lowest BCUT2D eigenvalue weighted by Gasteiger charge is -2.09. The Morgan fingerprint density at radius 3 is 2.18 bits per heavy atom. The zero-order valence-corrected chi connectivity index (χ0v) is 21.3. The van der Waals surface area contributed by atoms with E-state index in [9.17, 15) is 0 Å². The molecule has 38 heavy (non-hydrogen) atoms. The molecule has 0 radical (unpaired) electrons. The summed E-state index contributed by atoms with van der Waals surface area (Å²) in [5.41, 5.74) is 8.93. The Morgan fingerprint density at radius 1 is 0.605 bits per heavy atom. The molecule has 0 N–H and O–H groups in total. The third-order valence-corrected chi connectivity index (χ3v) is 7.95. The van der Waals surface area contributed by atoms with Crippen molar-refractivity contribution in [2.24, 2.45) is 7.05 Å². The van der Waals surface area contributed by atoms with E-state index in [1.54, 1.807) is 0 Å². The molecule has 5 aromatic carbocycles.